The zero-order valence-electron chi connectivity index (χ0n) is 20.2. The van der Waals surface area contributed by atoms with Crippen molar-refractivity contribution in [3.8, 4) is 0 Å². The highest BCUT2D eigenvalue weighted by atomic mass is 35.5. The normalized spacial score (nSPS) is 14.9. The van der Waals surface area contributed by atoms with Crippen LogP contribution in [0.3, 0.4) is 0 Å². The number of sulfonamides is 1. The minimum atomic E-state index is -3.95. The fourth-order valence-corrected chi connectivity index (χ4v) is 6.16. The van der Waals surface area contributed by atoms with Crippen LogP contribution in [0.25, 0.3) is 0 Å². The average Bonchev–Trinajstić information content (AvgIpc) is 3.04. The molecule has 0 saturated heterocycles. The number of carbonyl (C=O) groups is 3. The average molecular weight is 554 g/mol. The third-order valence-corrected chi connectivity index (χ3v) is 8.38. The van der Waals surface area contributed by atoms with Crippen LogP contribution in [0.1, 0.15) is 55.5 Å². The summed E-state index contributed by atoms with van der Waals surface area (Å²) in [6.07, 6.45) is 1.18. The lowest BCUT2D eigenvalue weighted by molar-refractivity contribution is -0.141. The highest BCUT2D eigenvalue weighted by Crippen LogP contribution is 2.30. The monoisotopic (exact) mass is 553 g/mol. The molecule has 0 radical (unpaired) electrons. The highest BCUT2D eigenvalue weighted by Gasteiger charge is 2.40. The Morgan fingerprint density at radius 1 is 1.11 bits per heavy atom. The van der Waals surface area contributed by atoms with Gasteiger partial charge in [-0.25, -0.2) is 12.7 Å². The van der Waals surface area contributed by atoms with Crippen molar-refractivity contribution in [2.75, 3.05) is 13.1 Å². The van der Waals surface area contributed by atoms with Gasteiger partial charge in [0.05, 0.1) is 5.56 Å². The Morgan fingerprint density at radius 2 is 1.83 bits per heavy atom. The van der Waals surface area contributed by atoms with Crippen LogP contribution in [-0.4, -0.2) is 54.5 Å². The Labute approximate surface area is 221 Å². The largest absolute Gasteiger partial charge is 0.354 e. The van der Waals surface area contributed by atoms with Crippen molar-refractivity contribution in [3.05, 3.63) is 63.6 Å². The van der Waals surface area contributed by atoms with E-state index in [2.05, 4.69) is 5.32 Å². The fraction of sp³-hybridized carbons (Fsp3) is 0.400. The van der Waals surface area contributed by atoms with Crippen LogP contribution in [0.4, 0.5) is 0 Å². The third kappa shape index (κ3) is 6.02. The summed E-state index contributed by atoms with van der Waals surface area (Å²) in [7, 11) is -3.95. The van der Waals surface area contributed by atoms with Crippen molar-refractivity contribution < 1.29 is 22.8 Å². The van der Waals surface area contributed by atoms with Gasteiger partial charge in [-0.1, -0.05) is 55.2 Å². The van der Waals surface area contributed by atoms with Gasteiger partial charge in [0, 0.05) is 36.1 Å². The number of halogens is 2. The summed E-state index contributed by atoms with van der Waals surface area (Å²) >= 11 is 12.3. The van der Waals surface area contributed by atoms with Crippen molar-refractivity contribution in [2.24, 2.45) is 0 Å². The Kier molecular flexibility index (Phi) is 9.38. The molecule has 11 heteroatoms. The summed E-state index contributed by atoms with van der Waals surface area (Å²) in [6.45, 7) is 4.17. The molecule has 0 unspecified atom stereocenters. The van der Waals surface area contributed by atoms with Crippen LogP contribution in [0, 0.1) is 0 Å². The molecule has 0 aromatic heterocycles. The number of nitrogens with zero attached hydrogens (tertiary/aromatic N) is 2. The summed E-state index contributed by atoms with van der Waals surface area (Å²) in [5.41, 5.74) is 0.755. The van der Waals surface area contributed by atoms with Gasteiger partial charge in [0.25, 0.3) is 15.9 Å². The van der Waals surface area contributed by atoms with Crippen molar-refractivity contribution in [2.45, 2.75) is 57.0 Å². The Hall–Kier alpha value is -2.62. The maximum absolute atomic E-state index is 13.4. The van der Waals surface area contributed by atoms with Crippen LogP contribution in [0.15, 0.2) is 47.4 Å². The molecule has 2 aromatic carbocycles. The first-order chi connectivity index (χ1) is 17.1. The van der Waals surface area contributed by atoms with Gasteiger partial charge >= 0.3 is 0 Å². The zero-order chi connectivity index (χ0) is 26.5. The Balaban J connectivity index is 1.76. The standard InChI is InChI=1S/C25H29Cl2N3O5S/c1-3-13-28-24(32)21(4-2)29(16-17-11-12-18(26)15-20(17)27)23(31)10-7-14-30-25(33)19-8-5-6-9-22(19)36(30,34)35/h5-6,8-9,11-12,15,21H,3-4,7,10,13-14,16H2,1-2H3,(H,28,32)/t21-/m1/s1. The molecular weight excluding hydrogens is 525 g/mol. The number of fused-ring (bicyclic) bond motifs is 1. The maximum Gasteiger partial charge on any atom is 0.269 e. The molecule has 8 nitrogen and oxygen atoms in total. The molecule has 2 aromatic rings. The van der Waals surface area contributed by atoms with E-state index in [-0.39, 0.29) is 48.2 Å². The number of hydrogen-bond acceptors (Lipinski definition) is 5. The predicted octanol–water partition coefficient (Wildman–Crippen LogP) is 4.25. The molecule has 0 bridgehead atoms. The van der Waals surface area contributed by atoms with E-state index in [1.807, 2.05) is 13.8 Å². The van der Waals surface area contributed by atoms with Gasteiger partial charge in [-0.05, 0) is 49.1 Å². The van der Waals surface area contributed by atoms with Crippen molar-refractivity contribution >= 4 is 50.9 Å². The Bertz CT molecular complexity index is 1250. The zero-order valence-corrected chi connectivity index (χ0v) is 22.5. The van der Waals surface area contributed by atoms with Crippen LogP contribution in [0.5, 0.6) is 0 Å². The summed E-state index contributed by atoms with van der Waals surface area (Å²) in [6, 6.07) is 10.2. The van der Waals surface area contributed by atoms with E-state index in [1.54, 1.807) is 30.3 Å². The number of nitrogens with one attached hydrogen (secondary N) is 1. The minimum Gasteiger partial charge on any atom is -0.354 e. The van der Waals surface area contributed by atoms with Gasteiger partial charge in [-0.3, -0.25) is 14.4 Å². The van der Waals surface area contributed by atoms with Gasteiger partial charge in [0.1, 0.15) is 10.9 Å². The summed E-state index contributed by atoms with van der Waals surface area (Å²) < 4.78 is 26.4. The second kappa shape index (κ2) is 12.1. The molecule has 3 amide bonds. The topological polar surface area (TPSA) is 104 Å². The van der Waals surface area contributed by atoms with Gasteiger partial charge in [-0.2, -0.15) is 0 Å². The molecule has 1 heterocycles. The lowest BCUT2D eigenvalue weighted by atomic mass is 10.1. The van der Waals surface area contributed by atoms with E-state index < -0.39 is 22.0 Å². The van der Waals surface area contributed by atoms with E-state index in [9.17, 15) is 22.8 Å². The summed E-state index contributed by atoms with van der Waals surface area (Å²) in [5.74, 6) is -1.22. The van der Waals surface area contributed by atoms with Gasteiger partial charge in [-0.15, -0.1) is 0 Å². The predicted molar refractivity (Wildman–Crippen MR) is 138 cm³/mol. The second-order valence-electron chi connectivity index (χ2n) is 8.45. The van der Waals surface area contributed by atoms with Crippen molar-refractivity contribution in [1.29, 1.82) is 0 Å². The first-order valence-corrected chi connectivity index (χ1v) is 14.0. The summed E-state index contributed by atoms with van der Waals surface area (Å²) in [5, 5.41) is 3.66. The van der Waals surface area contributed by atoms with E-state index in [0.717, 1.165) is 10.7 Å². The maximum atomic E-state index is 13.4. The molecule has 1 aliphatic rings. The van der Waals surface area contributed by atoms with Gasteiger partial charge in [0.2, 0.25) is 11.8 Å². The lowest BCUT2D eigenvalue weighted by Gasteiger charge is -2.31. The molecule has 1 N–H and O–H groups in total. The third-order valence-electron chi connectivity index (χ3n) is 5.95. The molecule has 0 spiro atoms. The molecule has 3 rings (SSSR count). The van der Waals surface area contributed by atoms with Crippen molar-refractivity contribution in [1.82, 2.24) is 14.5 Å². The van der Waals surface area contributed by atoms with Crippen LogP contribution >= 0.6 is 23.2 Å². The number of benzene rings is 2. The molecule has 194 valence electrons. The van der Waals surface area contributed by atoms with Crippen molar-refractivity contribution in [3.63, 3.8) is 0 Å². The summed E-state index contributed by atoms with van der Waals surface area (Å²) in [4.78, 5) is 40.3. The molecule has 0 aliphatic carbocycles. The fourth-order valence-electron chi connectivity index (χ4n) is 4.09. The molecule has 0 saturated carbocycles. The van der Waals surface area contributed by atoms with Crippen LogP contribution in [-0.2, 0) is 26.2 Å². The van der Waals surface area contributed by atoms with E-state index in [1.165, 1.54) is 17.0 Å². The first-order valence-electron chi connectivity index (χ1n) is 11.8. The van der Waals surface area contributed by atoms with Gasteiger partial charge < -0.3 is 10.2 Å². The smallest absolute Gasteiger partial charge is 0.269 e. The number of hydrogen-bond donors (Lipinski definition) is 1. The SMILES string of the molecule is CCCNC(=O)[C@@H](CC)N(Cc1ccc(Cl)cc1Cl)C(=O)CCCN1C(=O)c2ccccc2S1(=O)=O. The number of rotatable bonds is 11. The van der Waals surface area contributed by atoms with Gasteiger partial charge in [0.15, 0.2) is 0 Å². The second-order valence-corrected chi connectivity index (χ2v) is 11.1. The van der Waals surface area contributed by atoms with Crippen LogP contribution in [0.2, 0.25) is 10.0 Å². The first kappa shape index (κ1) is 28.0. The molecule has 36 heavy (non-hydrogen) atoms. The highest BCUT2D eigenvalue weighted by molar-refractivity contribution is 7.90. The van der Waals surface area contributed by atoms with E-state index in [0.29, 0.717) is 28.6 Å². The molecule has 1 atom stereocenters. The van der Waals surface area contributed by atoms with E-state index in [4.69, 9.17) is 23.2 Å². The quantitative estimate of drug-likeness (QED) is 0.447. The number of carbonyl (C=O) groups excluding carboxylic acids is 3. The molecule has 1 aliphatic heterocycles. The molecule has 0 fully saturated rings. The molecular formula is C25H29Cl2N3O5S. The Morgan fingerprint density at radius 3 is 2.47 bits per heavy atom. The number of amides is 3. The lowest BCUT2D eigenvalue weighted by Crippen LogP contribution is -2.49. The van der Waals surface area contributed by atoms with Crippen LogP contribution < -0.4 is 5.32 Å². The van der Waals surface area contributed by atoms with E-state index >= 15 is 0 Å². The minimum absolute atomic E-state index is 0.0287.